The van der Waals surface area contributed by atoms with Gasteiger partial charge in [0.15, 0.2) is 0 Å². The van der Waals surface area contributed by atoms with E-state index < -0.39 is 0 Å². The fraction of sp³-hybridized carbons (Fsp3) is 1.00. The van der Waals surface area contributed by atoms with E-state index in [1.807, 2.05) is 6.92 Å². The fourth-order valence-electron chi connectivity index (χ4n) is 1.75. The Morgan fingerprint density at radius 1 is 1.40 bits per heavy atom. The third kappa shape index (κ3) is 1.70. The van der Waals surface area contributed by atoms with Gasteiger partial charge in [0.1, 0.15) is 0 Å². The van der Waals surface area contributed by atoms with Crippen LogP contribution in [0.4, 0.5) is 0 Å². The highest BCUT2D eigenvalue weighted by Crippen LogP contribution is 2.25. The summed E-state index contributed by atoms with van der Waals surface area (Å²) >= 11 is 0. The predicted octanol–water partition coefficient (Wildman–Crippen LogP) is 0.885. The lowest BCUT2D eigenvalue weighted by Gasteiger charge is -2.30. The maximum Gasteiger partial charge on any atom is 0.0583 e. The molecule has 1 aliphatic carbocycles. The summed E-state index contributed by atoms with van der Waals surface area (Å²) in [5.41, 5.74) is 5.70. The van der Waals surface area contributed by atoms with Crippen LogP contribution in [0, 0.1) is 5.92 Å². The van der Waals surface area contributed by atoms with Gasteiger partial charge in [-0.1, -0.05) is 12.8 Å². The molecule has 1 saturated carbocycles. The van der Waals surface area contributed by atoms with E-state index in [4.69, 9.17) is 5.73 Å². The summed E-state index contributed by atoms with van der Waals surface area (Å²) in [5, 5.41) is 9.46. The van der Waals surface area contributed by atoms with Crippen LogP contribution in [0.3, 0.4) is 0 Å². The average molecular weight is 143 g/mol. The highest BCUT2D eigenvalue weighted by Gasteiger charge is 2.25. The molecular formula is C8H17NO. The number of rotatable bonds is 1. The quantitative estimate of drug-likeness (QED) is 0.572. The lowest BCUT2D eigenvalue weighted by molar-refractivity contribution is 0.0592. The van der Waals surface area contributed by atoms with E-state index in [1.54, 1.807) is 0 Å². The molecule has 60 valence electrons. The van der Waals surface area contributed by atoms with E-state index in [-0.39, 0.29) is 12.1 Å². The topological polar surface area (TPSA) is 46.2 Å². The van der Waals surface area contributed by atoms with Gasteiger partial charge in [0.25, 0.3) is 0 Å². The van der Waals surface area contributed by atoms with Crippen LogP contribution in [0.1, 0.15) is 32.6 Å². The molecule has 0 aromatic carbocycles. The van der Waals surface area contributed by atoms with Gasteiger partial charge in [-0.3, -0.25) is 0 Å². The van der Waals surface area contributed by atoms with Gasteiger partial charge in [0, 0.05) is 6.04 Å². The number of aliphatic hydroxyl groups excluding tert-OH is 1. The van der Waals surface area contributed by atoms with Crippen LogP contribution in [-0.4, -0.2) is 17.3 Å². The number of nitrogens with two attached hydrogens (primary N) is 1. The van der Waals surface area contributed by atoms with Crippen molar-refractivity contribution in [2.75, 3.05) is 0 Å². The maximum absolute atomic E-state index is 9.46. The molecule has 0 amide bonds. The molecule has 0 aliphatic heterocycles. The van der Waals surface area contributed by atoms with Crippen LogP contribution in [0.5, 0.6) is 0 Å². The SMILES string of the molecule is CC(N)[C@@H]1CCCC[C@@H]1O. The molecule has 3 atom stereocenters. The van der Waals surface area contributed by atoms with Gasteiger partial charge in [-0.25, -0.2) is 0 Å². The zero-order chi connectivity index (χ0) is 7.56. The molecule has 1 aliphatic rings. The molecule has 2 heteroatoms. The molecule has 0 bridgehead atoms. The molecule has 2 nitrogen and oxygen atoms in total. The van der Waals surface area contributed by atoms with Gasteiger partial charge in [-0.2, -0.15) is 0 Å². The van der Waals surface area contributed by atoms with Gasteiger partial charge in [0.2, 0.25) is 0 Å². The molecular weight excluding hydrogens is 126 g/mol. The van der Waals surface area contributed by atoms with E-state index in [2.05, 4.69) is 0 Å². The van der Waals surface area contributed by atoms with Gasteiger partial charge in [-0.15, -0.1) is 0 Å². The molecule has 0 radical (unpaired) electrons. The summed E-state index contributed by atoms with van der Waals surface area (Å²) < 4.78 is 0. The highest BCUT2D eigenvalue weighted by atomic mass is 16.3. The van der Waals surface area contributed by atoms with E-state index in [0.717, 1.165) is 12.8 Å². The van der Waals surface area contributed by atoms with Crippen molar-refractivity contribution in [1.29, 1.82) is 0 Å². The highest BCUT2D eigenvalue weighted by molar-refractivity contribution is 4.79. The van der Waals surface area contributed by atoms with Crippen molar-refractivity contribution in [1.82, 2.24) is 0 Å². The molecule has 0 heterocycles. The second-order valence-corrected chi connectivity index (χ2v) is 3.37. The predicted molar refractivity (Wildman–Crippen MR) is 41.6 cm³/mol. The van der Waals surface area contributed by atoms with Crippen molar-refractivity contribution < 1.29 is 5.11 Å². The van der Waals surface area contributed by atoms with Crippen LogP contribution in [0.25, 0.3) is 0 Å². The molecule has 0 saturated heterocycles. The van der Waals surface area contributed by atoms with Crippen LogP contribution in [0.2, 0.25) is 0 Å². The monoisotopic (exact) mass is 143 g/mol. The zero-order valence-electron chi connectivity index (χ0n) is 6.59. The third-order valence-electron chi connectivity index (χ3n) is 2.46. The largest absolute Gasteiger partial charge is 0.393 e. The van der Waals surface area contributed by atoms with Crippen LogP contribution < -0.4 is 5.73 Å². The van der Waals surface area contributed by atoms with E-state index in [9.17, 15) is 5.11 Å². The van der Waals surface area contributed by atoms with Crippen molar-refractivity contribution >= 4 is 0 Å². The van der Waals surface area contributed by atoms with Crippen molar-refractivity contribution in [2.45, 2.75) is 44.8 Å². The fourth-order valence-corrected chi connectivity index (χ4v) is 1.75. The van der Waals surface area contributed by atoms with Gasteiger partial charge >= 0.3 is 0 Å². The van der Waals surface area contributed by atoms with E-state index in [1.165, 1.54) is 12.8 Å². The van der Waals surface area contributed by atoms with Crippen LogP contribution in [0.15, 0.2) is 0 Å². The second kappa shape index (κ2) is 3.35. The van der Waals surface area contributed by atoms with Crippen LogP contribution in [-0.2, 0) is 0 Å². The molecule has 0 aromatic rings. The smallest absolute Gasteiger partial charge is 0.0583 e. The first-order chi connectivity index (χ1) is 4.72. The van der Waals surface area contributed by atoms with Gasteiger partial charge < -0.3 is 10.8 Å². The first kappa shape index (κ1) is 8.02. The summed E-state index contributed by atoms with van der Waals surface area (Å²) in [7, 11) is 0. The number of hydrogen-bond acceptors (Lipinski definition) is 2. The first-order valence-electron chi connectivity index (χ1n) is 4.15. The lowest BCUT2D eigenvalue weighted by Crippen LogP contribution is -2.37. The van der Waals surface area contributed by atoms with Crippen molar-refractivity contribution in [3.05, 3.63) is 0 Å². The molecule has 3 N–H and O–H groups in total. The summed E-state index contributed by atoms with van der Waals surface area (Å²) in [5.74, 6) is 0.355. The Hall–Kier alpha value is -0.0800. The molecule has 1 unspecified atom stereocenters. The van der Waals surface area contributed by atoms with Crippen molar-refractivity contribution in [3.63, 3.8) is 0 Å². The number of aliphatic hydroxyl groups is 1. The Labute approximate surface area is 62.4 Å². The minimum atomic E-state index is -0.131. The molecule has 1 rings (SSSR count). The standard InChI is InChI=1S/C8H17NO/c1-6(9)7-4-2-3-5-8(7)10/h6-8,10H,2-5,9H2,1H3/t6?,7-,8-/m0/s1. The molecule has 0 spiro atoms. The van der Waals surface area contributed by atoms with Gasteiger partial charge in [0.05, 0.1) is 6.10 Å². The normalized spacial score (nSPS) is 37.5. The lowest BCUT2D eigenvalue weighted by atomic mass is 9.82. The minimum Gasteiger partial charge on any atom is -0.393 e. The Morgan fingerprint density at radius 2 is 2.00 bits per heavy atom. The van der Waals surface area contributed by atoms with E-state index >= 15 is 0 Å². The zero-order valence-corrected chi connectivity index (χ0v) is 6.59. The molecule has 10 heavy (non-hydrogen) atoms. The Bertz CT molecular complexity index is 103. The Kier molecular flexibility index (Phi) is 2.69. The third-order valence-corrected chi connectivity index (χ3v) is 2.46. The Morgan fingerprint density at radius 3 is 2.40 bits per heavy atom. The minimum absolute atomic E-state index is 0.131. The summed E-state index contributed by atoms with van der Waals surface area (Å²) in [6.45, 7) is 1.99. The summed E-state index contributed by atoms with van der Waals surface area (Å²) in [4.78, 5) is 0. The van der Waals surface area contributed by atoms with Crippen molar-refractivity contribution in [3.8, 4) is 0 Å². The first-order valence-corrected chi connectivity index (χ1v) is 4.15. The second-order valence-electron chi connectivity index (χ2n) is 3.37. The van der Waals surface area contributed by atoms with E-state index in [0.29, 0.717) is 5.92 Å². The summed E-state index contributed by atoms with van der Waals surface area (Å²) in [6, 6.07) is 0.162. The number of hydrogen-bond donors (Lipinski definition) is 2. The summed E-state index contributed by atoms with van der Waals surface area (Å²) in [6.07, 6.45) is 4.34. The molecule has 1 fully saturated rings. The maximum atomic E-state index is 9.46. The average Bonchev–Trinajstić information content (AvgIpc) is 1.88. The van der Waals surface area contributed by atoms with Gasteiger partial charge in [-0.05, 0) is 25.7 Å². The molecule has 0 aromatic heterocycles. The van der Waals surface area contributed by atoms with Crippen molar-refractivity contribution in [2.24, 2.45) is 11.7 Å². The Balaban J connectivity index is 2.40. The van der Waals surface area contributed by atoms with Crippen LogP contribution >= 0.6 is 0 Å².